The molecule has 10 nitrogen and oxygen atoms in total. The standard InChI is InChI=1S/C27H29N5O5/c1-3-30-8-10-31(11-9-30)23-7-6-21-20(28-23)13-22(37-21)27(14-24(33)29-26(27)35)16-32-15-17-4-5-18(36-2)12-19(17)25(32)34/h4-7,12-13H,3,8-11,14-16H2,1-2H3,(H,29,33,35)/t27-/m1/s1. The molecule has 192 valence electrons. The number of benzene rings is 1. The molecule has 1 N–H and O–H groups in total. The average molecular weight is 504 g/mol. The zero-order valence-electron chi connectivity index (χ0n) is 21.0. The van der Waals surface area contributed by atoms with Crippen LogP contribution in [0.15, 0.2) is 40.8 Å². The predicted molar refractivity (Wildman–Crippen MR) is 136 cm³/mol. The molecule has 0 unspecified atom stereocenters. The molecule has 5 heterocycles. The smallest absolute Gasteiger partial charge is 0.254 e. The first-order chi connectivity index (χ1) is 17.9. The number of fused-ring (bicyclic) bond motifs is 2. The Hall–Kier alpha value is -3.92. The Labute approximate surface area is 214 Å². The lowest BCUT2D eigenvalue weighted by Gasteiger charge is -2.34. The predicted octanol–water partition coefficient (Wildman–Crippen LogP) is 1.92. The van der Waals surface area contributed by atoms with Crippen molar-refractivity contribution in [2.24, 2.45) is 0 Å². The van der Waals surface area contributed by atoms with Gasteiger partial charge in [0.1, 0.15) is 28.3 Å². The first-order valence-corrected chi connectivity index (χ1v) is 12.6. The molecule has 0 bridgehead atoms. The van der Waals surface area contributed by atoms with Gasteiger partial charge in [-0.3, -0.25) is 19.7 Å². The fourth-order valence-corrected chi connectivity index (χ4v) is 5.59. The molecule has 6 rings (SSSR count). The van der Waals surface area contributed by atoms with E-state index in [1.165, 1.54) is 0 Å². The molecule has 3 aliphatic rings. The van der Waals surface area contributed by atoms with E-state index < -0.39 is 17.2 Å². The van der Waals surface area contributed by atoms with Crippen LogP contribution in [0.3, 0.4) is 0 Å². The normalized spacial score (nSPS) is 22.2. The largest absolute Gasteiger partial charge is 0.497 e. The molecule has 0 radical (unpaired) electrons. The number of hydrogen-bond donors (Lipinski definition) is 1. The van der Waals surface area contributed by atoms with E-state index in [1.807, 2.05) is 24.3 Å². The lowest BCUT2D eigenvalue weighted by molar-refractivity contribution is -0.127. The highest BCUT2D eigenvalue weighted by molar-refractivity contribution is 6.10. The van der Waals surface area contributed by atoms with Crippen LogP contribution in [-0.4, -0.2) is 78.9 Å². The summed E-state index contributed by atoms with van der Waals surface area (Å²) in [6, 6.07) is 10.9. The Balaban J connectivity index is 1.31. The van der Waals surface area contributed by atoms with E-state index in [1.54, 1.807) is 24.1 Å². The highest BCUT2D eigenvalue weighted by Gasteiger charge is 2.53. The average Bonchev–Trinajstić information content (AvgIpc) is 3.57. The number of methoxy groups -OCH3 is 1. The summed E-state index contributed by atoms with van der Waals surface area (Å²) in [6.07, 6.45) is -0.0963. The number of piperazine rings is 1. The Morgan fingerprint density at radius 3 is 2.59 bits per heavy atom. The fourth-order valence-electron chi connectivity index (χ4n) is 5.59. The number of pyridine rings is 1. The Morgan fingerprint density at radius 1 is 1.08 bits per heavy atom. The molecule has 37 heavy (non-hydrogen) atoms. The summed E-state index contributed by atoms with van der Waals surface area (Å²) in [5, 5.41) is 2.42. The number of imide groups is 1. The lowest BCUT2D eigenvalue weighted by Crippen LogP contribution is -2.46. The highest BCUT2D eigenvalue weighted by Crippen LogP contribution is 2.39. The molecular formula is C27H29N5O5. The number of carbonyl (C=O) groups excluding carboxylic acids is 3. The zero-order valence-corrected chi connectivity index (χ0v) is 21.0. The van der Waals surface area contributed by atoms with Crippen LogP contribution in [0.2, 0.25) is 0 Å². The number of furan rings is 1. The number of anilines is 1. The topological polar surface area (TPSA) is 108 Å². The second-order valence-corrected chi connectivity index (χ2v) is 9.91. The summed E-state index contributed by atoms with van der Waals surface area (Å²) in [5.74, 6) is 0.729. The summed E-state index contributed by atoms with van der Waals surface area (Å²) < 4.78 is 11.4. The van der Waals surface area contributed by atoms with Crippen molar-refractivity contribution in [2.45, 2.75) is 25.3 Å². The number of rotatable bonds is 6. The zero-order chi connectivity index (χ0) is 25.7. The van der Waals surface area contributed by atoms with E-state index in [4.69, 9.17) is 14.1 Å². The number of hydrogen-bond acceptors (Lipinski definition) is 8. The van der Waals surface area contributed by atoms with Crippen LogP contribution >= 0.6 is 0 Å². The van der Waals surface area contributed by atoms with Gasteiger partial charge in [-0.15, -0.1) is 0 Å². The Morgan fingerprint density at radius 2 is 1.89 bits per heavy atom. The minimum Gasteiger partial charge on any atom is -0.497 e. The van der Waals surface area contributed by atoms with Crippen molar-refractivity contribution in [2.75, 3.05) is 51.3 Å². The van der Waals surface area contributed by atoms with E-state index in [-0.39, 0.29) is 18.9 Å². The third-order valence-electron chi connectivity index (χ3n) is 7.78. The van der Waals surface area contributed by atoms with Gasteiger partial charge in [-0.2, -0.15) is 0 Å². The van der Waals surface area contributed by atoms with Crippen molar-refractivity contribution < 1.29 is 23.5 Å². The number of aromatic nitrogens is 1. The van der Waals surface area contributed by atoms with E-state index in [0.29, 0.717) is 34.7 Å². The number of nitrogens with one attached hydrogen (secondary N) is 1. The number of carbonyl (C=O) groups is 3. The fraction of sp³-hybridized carbons (Fsp3) is 0.407. The maximum absolute atomic E-state index is 13.3. The van der Waals surface area contributed by atoms with E-state index in [0.717, 1.165) is 44.1 Å². The molecule has 2 aromatic heterocycles. The maximum Gasteiger partial charge on any atom is 0.254 e. The van der Waals surface area contributed by atoms with Gasteiger partial charge in [-0.25, -0.2) is 4.98 Å². The SMILES string of the molecule is CCN1CCN(c2ccc3oc([C@]4(CN5Cc6ccc(OC)cc6C5=O)CC(=O)NC4=O)cc3n2)CC1. The number of likely N-dealkylation sites (N-methyl/N-ethyl adjacent to an activating group) is 1. The summed E-state index contributed by atoms with van der Waals surface area (Å²) in [5.41, 5.74) is 1.23. The maximum atomic E-state index is 13.3. The second-order valence-electron chi connectivity index (χ2n) is 9.91. The van der Waals surface area contributed by atoms with Crippen molar-refractivity contribution in [3.05, 3.63) is 53.3 Å². The Bertz CT molecular complexity index is 1410. The van der Waals surface area contributed by atoms with Crippen LogP contribution in [0.1, 0.15) is 35.0 Å². The molecule has 0 spiro atoms. The molecule has 3 amide bonds. The van der Waals surface area contributed by atoms with Crippen molar-refractivity contribution in [1.29, 1.82) is 0 Å². The van der Waals surface area contributed by atoms with E-state index in [9.17, 15) is 14.4 Å². The summed E-state index contributed by atoms with van der Waals surface area (Å²) in [7, 11) is 1.55. The van der Waals surface area contributed by atoms with Crippen LogP contribution < -0.4 is 15.0 Å². The molecule has 0 saturated carbocycles. The van der Waals surface area contributed by atoms with Gasteiger partial charge < -0.3 is 23.9 Å². The monoisotopic (exact) mass is 503 g/mol. The molecule has 1 aromatic carbocycles. The van der Waals surface area contributed by atoms with Gasteiger partial charge >= 0.3 is 0 Å². The molecular weight excluding hydrogens is 474 g/mol. The van der Waals surface area contributed by atoms with E-state index >= 15 is 0 Å². The minimum atomic E-state index is -1.33. The molecule has 1 atom stereocenters. The van der Waals surface area contributed by atoms with Crippen LogP contribution in [0.25, 0.3) is 11.1 Å². The van der Waals surface area contributed by atoms with Crippen molar-refractivity contribution >= 4 is 34.6 Å². The Kier molecular flexibility index (Phi) is 5.63. The molecule has 2 fully saturated rings. The van der Waals surface area contributed by atoms with Crippen molar-refractivity contribution in [3.8, 4) is 5.75 Å². The van der Waals surface area contributed by atoms with Gasteiger partial charge in [-0.05, 0) is 36.4 Å². The first kappa shape index (κ1) is 23.5. The second kappa shape index (κ2) is 8.88. The number of amides is 3. The number of ether oxygens (including phenoxy) is 1. The molecule has 2 saturated heterocycles. The minimum absolute atomic E-state index is 0.0199. The van der Waals surface area contributed by atoms with Crippen LogP contribution in [0.4, 0.5) is 5.82 Å². The van der Waals surface area contributed by atoms with E-state index in [2.05, 4.69) is 22.0 Å². The lowest BCUT2D eigenvalue weighted by atomic mass is 9.82. The molecule has 3 aromatic rings. The van der Waals surface area contributed by atoms with Crippen molar-refractivity contribution in [3.63, 3.8) is 0 Å². The first-order valence-electron chi connectivity index (χ1n) is 12.6. The number of nitrogens with zero attached hydrogens (tertiary/aromatic N) is 4. The summed E-state index contributed by atoms with van der Waals surface area (Å²) in [6.45, 7) is 7.30. The van der Waals surface area contributed by atoms with Crippen LogP contribution in [0, 0.1) is 0 Å². The van der Waals surface area contributed by atoms with Crippen LogP contribution in [0.5, 0.6) is 5.75 Å². The molecule has 10 heteroatoms. The van der Waals surface area contributed by atoms with Gasteiger partial charge in [0.15, 0.2) is 5.58 Å². The van der Waals surface area contributed by atoms with Crippen LogP contribution in [-0.2, 0) is 21.5 Å². The third-order valence-corrected chi connectivity index (χ3v) is 7.78. The van der Waals surface area contributed by atoms with Gasteiger partial charge in [0, 0.05) is 50.9 Å². The quantitative estimate of drug-likeness (QED) is 0.509. The highest BCUT2D eigenvalue weighted by atomic mass is 16.5. The summed E-state index contributed by atoms with van der Waals surface area (Å²) >= 11 is 0. The van der Waals surface area contributed by atoms with Gasteiger partial charge in [0.2, 0.25) is 11.8 Å². The van der Waals surface area contributed by atoms with Crippen molar-refractivity contribution in [1.82, 2.24) is 20.1 Å². The third kappa shape index (κ3) is 3.92. The summed E-state index contributed by atoms with van der Waals surface area (Å²) in [4.78, 5) is 50.0. The molecule has 3 aliphatic heterocycles. The van der Waals surface area contributed by atoms with Gasteiger partial charge in [0.25, 0.3) is 5.91 Å². The van der Waals surface area contributed by atoms with Gasteiger partial charge in [0.05, 0.1) is 13.5 Å². The van der Waals surface area contributed by atoms with Gasteiger partial charge in [-0.1, -0.05) is 13.0 Å². The molecule has 0 aliphatic carbocycles.